The molecule has 3 heterocycles. The lowest BCUT2D eigenvalue weighted by atomic mass is 9.84. The minimum Gasteiger partial charge on any atom is -0.442 e. The number of rotatable bonds is 5. The van der Waals surface area contributed by atoms with Crippen LogP contribution in [0, 0.1) is 24.2 Å². The average Bonchev–Trinajstić information content (AvgIpc) is 3.14. The molecule has 1 aliphatic rings. The van der Waals surface area contributed by atoms with Crippen LogP contribution in [0.25, 0.3) is 10.9 Å². The van der Waals surface area contributed by atoms with Crippen molar-refractivity contribution < 1.29 is 9.53 Å². The number of aromatic nitrogens is 4. The van der Waals surface area contributed by atoms with Crippen LogP contribution in [-0.2, 0) is 4.74 Å². The molecule has 0 amide bonds. The standard InChI is InChI=1S/C25H31N7O2/c1-16-14-22(31-32(16)24(33)34-25(2,3)4)29-21-15-20-19(6-5-13-27-20)23(30-21)28-18-9-7-17(8-10-18)11-12-26/h5-6,13-15,17-18H,7-11H2,1-4H3,(H2,28,29,30,31). The van der Waals surface area contributed by atoms with Crippen LogP contribution >= 0.6 is 0 Å². The third-order valence-corrected chi connectivity index (χ3v) is 5.88. The molecule has 0 saturated heterocycles. The quantitative estimate of drug-likeness (QED) is 0.508. The normalized spacial score (nSPS) is 18.3. The van der Waals surface area contributed by atoms with Gasteiger partial charge in [0.2, 0.25) is 0 Å². The van der Waals surface area contributed by atoms with Gasteiger partial charge in [-0.25, -0.2) is 9.78 Å². The Hall–Kier alpha value is -3.67. The van der Waals surface area contributed by atoms with Crippen molar-refractivity contribution in [1.29, 1.82) is 5.26 Å². The Bertz CT molecular complexity index is 1210. The van der Waals surface area contributed by atoms with Crippen molar-refractivity contribution in [2.24, 2.45) is 5.92 Å². The van der Waals surface area contributed by atoms with Crippen LogP contribution in [0.1, 0.15) is 58.6 Å². The first kappa shape index (κ1) is 23.5. The predicted octanol–water partition coefficient (Wildman–Crippen LogP) is 5.55. The van der Waals surface area contributed by atoms with E-state index in [4.69, 9.17) is 15.0 Å². The van der Waals surface area contributed by atoms with Crippen molar-refractivity contribution in [2.45, 2.75) is 71.4 Å². The van der Waals surface area contributed by atoms with E-state index < -0.39 is 11.7 Å². The third-order valence-electron chi connectivity index (χ3n) is 5.88. The molecule has 34 heavy (non-hydrogen) atoms. The lowest BCUT2D eigenvalue weighted by Gasteiger charge is -2.28. The van der Waals surface area contributed by atoms with Gasteiger partial charge in [0.05, 0.1) is 11.6 Å². The van der Waals surface area contributed by atoms with Crippen LogP contribution in [0.3, 0.4) is 0 Å². The predicted molar refractivity (Wildman–Crippen MR) is 131 cm³/mol. The summed E-state index contributed by atoms with van der Waals surface area (Å²) in [7, 11) is 0. The SMILES string of the molecule is Cc1cc(Nc2cc3ncccc3c(NC3CCC(CC#N)CC3)n2)nn1C(=O)OC(C)(C)C. The van der Waals surface area contributed by atoms with E-state index >= 15 is 0 Å². The molecule has 2 N–H and O–H groups in total. The summed E-state index contributed by atoms with van der Waals surface area (Å²) in [5, 5.41) is 21.1. The smallest absolute Gasteiger partial charge is 0.435 e. The van der Waals surface area contributed by atoms with Crippen LogP contribution in [0.5, 0.6) is 0 Å². The van der Waals surface area contributed by atoms with Crippen molar-refractivity contribution in [1.82, 2.24) is 19.7 Å². The minimum absolute atomic E-state index is 0.301. The van der Waals surface area contributed by atoms with Gasteiger partial charge >= 0.3 is 6.09 Å². The van der Waals surface area contributed by atoms with Gasteiger partial charge in [0.1, 0.15) is 17.2 Å². The number of carbonyl (C=O) groups is 1. The fourth-order valence-electron chi connectivity index (χ4n) is 4.24. The maximum Gasteiger partial charge on any atom is 0.435 e. The summed E-state index contributed by atoms with van der Waals surface area (Å²) in [6.45, 7) is 7.26. The van der Waals surface area contributed by atoms with Gasteiger partial charge in [-0.2, -0.15) is 9.94 Å². The molecule has 1 fully saturated rings. The van der Waals surface area contributed by atoms with Gasteiger partial charge in [0.25, 0.3) is 0 Å². The Morgan fingerprint density at radius 2 is 2.00 bits per heavy atom. The molecule has 0 atom stereocenters. The Kier molecular flexibility index (Phi) is 6.68. The lowest BCUT2D eigenvalue weighted by Crippen LogP contribution is -2.28. The second-order valence-corrected chi connectivity index (χ2v) is 9.84. The molecule has 0 spiro atoms. The molecule has 0 radical (unpaired) electrons. The van der Waals surface area contributed by atoms with E-state index in [1.165, 1.54) is 4.68 Å². The number of pyridine rings is 2. The highest BCUT2D eigenvalue weighted by Gasteiger charge is 2.23. The summed E-state index contributed by atoms with van der Waals surface area (Å²) in [6.07, 6.45) is 5.96. The number of nitriles is 1. The molecule has 3 aromatic heterocycles. The number of nitrogens with one attached hydrogen (secondary N) is 2. The first-order valence-corrected chi connectivity index (χ1v) is 11.7. The van der Waals surface area contributed by atoms with E-state index in [1.807, 2.05) is 39.0 Å². The molecule has 0 unspecified atom stereocenters. The number of hydrogen-bond donors (Lipinski definition) is 2. The van der Waals surface area contributed by atoms with Crippen LogP contribution in [0.2, 0.25) is 0 Å². The maximum absolute atomic E-state index is 12.5. The summed E-state index contributed by atoms with van der Waals surface area (Å²) in [5.41, 5.74) is 0.857. The largest absolute Gasteiger partial charge is 0.442 e. The molecule has 1 aliphatic carbocycles. The van der Waals surface area contributed by atoms with Crippen LogP contribution in [0.4, 0.5) is 22.2 Å². The minimum atomic E-state index is -0.608. The molecular weight excluding hydrogens is 430 g/mol. The number of fused-ring (bicyclic) bond motifs is 1. The highest BCUT2D eigenvalue weighted by Crippen LogP contribution is 2.31. The van der Waals surface area contributed by atoms with E-state index in [2.05, 4.69) is 26.8 Å². The molecule has 0 aliphatic heterocycles. The van der Waals surface area contributed by atoms with Gasteiger partial charge in [-0.05, 0) is 71.4 Å². The van der Waals surface area contributed by atoms with Gasteiger partial charge in [-0.15, -0.1) is 5.10 Å². The van der Waals surface area contributed by atoms with Crippen molar-refractivity contribution >= 4 is 34.4 Å². The molecule has 0 aromatic carbocycles. The number of hydrogen-bond acceptors (Lipinski definition) is 8. The van der Waals surface area contributed by atoms with Gasteiger partial charge in [-0.1, -0.05) is 0 Å². The van der Waals surface area contributed by atoms with Gasteiger partial charge in [0, 0.05) is 41.9 Å². The highest BCUT2D eigenvalue weighted by atomic mass is 16.6. The van der Waals surface area contributed by atoms with Gasteiger partial charge in [-0.3, -0.25) is 4.98 Å². The molecule has 3 aromatic rings. The number of nitrogens with zero attached hydrogens (tertiary/aromatic N) is 5. The first-order chi connectivity index (χ1) is 16.2. The molecule has 178 valence electrons. The Balaban J connectivity index is 1.55. The maximum atomic E-state index is 12.5. The summed E-state index contributed by atoms with van der Waals surface area (Å²) in [6, 6.07) is 10.1. The zero-order valence-corrected chi connectivity index (χ0v) is 20.1. The van der Waals surface area contributed by atoms with E-state index in [9.17, 15) is 4.79 Å². The highest BCUT2D eigenvalue weighted by molar-refractivity contribution is 5.91. The van der Waals surface area contributed by atoms with Crippen molar-refractivity contribution in [3.63, 3.8) is 0 Å². The van der Waals surface area contributed by atoms with Crippen LogP contribution < -0.4 is 10.6 Å². The summed E-state index contributed by atoms with van der Waals surface area (Å²) in [5.74, 6) is 2.33. The summed E-state index contributed by atoms with van der Waals surface area (Å²) in [4.78, 5) is 21.8. The average molecular weight is 462 g/mol. The monoisotopic (exact) mass is 461 g/mol. The van der Waals surface area contributed by atoms with Crippen molar-refractivity contribution in [3.05, 3.63) is 36.2 Å². The van der Waals surface area contributed by atoms with Crippen LogP contribution in [-0.4, -0.2) is 37.5 Å². The number of anilines is 3. The third kappa shape index (κ3) is 5.63. The van der Waals surface area contributed by atoms with Crippen LogP contribution in [0.15, 0.2) is 30.5 Å². The number of carbonyl (C=O) groups excluding carboxylic acids is 1. The van der Waals surface area contributed by atoms with E-state index in [0.29, 0.717) is 35.7 Å². The fourth-order valence-corrected chi connectivity index (χ4v) is 4.24. The second-order valence-electron chi connectivity index (χ2n) is 9.84. The first-order valence-electron chi connectivity index (χ1n) is 11.7. The van der Waals surface area contributed by atoms with Crippen molar-refractivity contribution in [3.8, 4) is 6.07 Å². The Morgan fingerprint density at radius 3 is 2.71 bits per heavy atom. The van der Waals surface area contributed by atoms with E-state index in [0.717, 1.165) is 42.4 Å². The zero-order chi connectivity index (χ0) is 24.3. The molecule has 9 nitrogen and oxygen atoms in total. The molecule has 0 bridgehead atoms. The fraction of sp³-hybridized carbons (Fsp3) is 0.480. The zero-order valence-electron chi connectivity index (χ0n) is 20.1. The number of aryl methyl sites for hydroxylation is 1. The number of ether oxygens (including phenoxy) is 1. The molecule has 4 rings (SSSR count). The van der Waals surface area contributed by atoms with E-state index in [-0.39, 0.29) is 0 Å². The summed E-state index contributed by atoms with van der Waals surface area (Å²) < 4.78 is 6.67. The van der Waals surface area contributed by atoms with Gasteiger partial charge in [0.15, 0.2) is 5.82 Å². The van der Waals surface area contributed by atoms with E-state index in [1.54, 1.807) is 19.2 Å². The molecule has 9 heteroatoms. The van der Waals surface area contributed by atoms with Gasteiger partial charge < -0.3 is 15.4 Å². The molecule has 1 saturated carbocycles. The summed E-state index contributed by atoms with van der Waals surface area (Å²) >= 11 is 0. The Morgan fingerprint density at radius 1 is 1.24 bits per heavy atom. The second kappa shape index (κ2) is 9.67. The van der Waals surface area contributed by atoms with Crippen molar-refractivity contribution in [2.75, 3.05) is 10.6 Å². The molecular formula is C25H31N7O2. The lowest BCUT2D eigenvalue weighted by molar-refractivity contribution is 0.0511. The Labute approximate surface area is 199 Å². The topological polar surface area (TPSA) is 118 Å².